The molecule has 0 bridgehead atoms. The number of unbranched alkanes of at least 4 members (excludes halogenated alkanes) is 7. The molecule has 0 aliphatic heterocycles. The standard InChI is InChI=1S/C13H28N2/c1-3-5-6-7-8-9-10-11-12-15-13(14)4-2/h3-12H2,1-2H3,(H2,14,15). The van der Waals surface area contributed by atoms with Crippen LogP contribution in [0.3, 0.4) is 0 Å². The van der Waals surface area contributed by atoms with E-state index >= 15 is 0 Å². The summed E-state index contributed by atoms with van der Waals surface area (Å²) in [5.74, 6) is 0.804. The fraction of sp³-hybridized carbons (Fsp3) is 0.923. The van der Waals surface area contributed by atoms with Crippen molar-refractivity contribution in [1.82, 2.24) is 0 Å². The maximum Gasteiger partial charge on any atom is 0.0934 e. The van der Waals surface area contributed by atoms with Crippen molar-refractivity contribution < 1.29 is 0 Å². The van der Waals surface area contributed by atoms with E-state index in [4.69, 9.17) is 5.73 Å². The molecule has 0 heterocycles. The topological polar surface area (TPSA) is 38.4 Å². The van der Waals surface area contributed by atoms with Crippen molar-refractivity contribution in [2.75, 3.05) is 6.54 Å². The number of nitrogens with zero attached hydrogens (tertiary/aromatic N) is 1. The summed E-state index contributed by atoms with van der Waals surface area (Å²) in [6.07, 6.45) is 11.7. The fourth-order valence-electron chi connectivity index (χ4n) is 1.58. The number of amidine groups is 1. The molecule has 0 aromatic heterocycles. The highest BCUT2D eigenvalue weighted by Gasteiger charge is 1.91. The molecule has 0 amide bonds. The highest BCUT2D eigenvalue weighted by atomic mass is 14.8. The Labute approximate surface area is 95.4 Å². The van der Waals surface area contributed by atoms with Crippen molar-refractivity contribution >= 4 is 5.84 Å². The lowest BCUT2D eigenvalue weighted by Gasteiger charge is -2.00. The Morgan fingerprint density at radius 2 is 1.40 bits per heavy atom. The van der Waals surface area contributed by atoms with Gasteiger partial charge in [0.25, 0.3) is 0 Å². The number of aliphatic imine (C=N–C) groups is 1. The summed E-state index contributed by atoms with van der Waals surface area (Å²) in [6, 6.07) is 0. The van der Waals surface area contributed by atoms with E-state index in [9.17, 15) is 0 Å². The molecule has 15 heavy (non-hydrogen) atoms. The second-order valence-corrected chi connectivity index (χ2v) is 4.20. The zero-order chi connectivity index (χ0) is 11.4. The molecule has 0 saturated carbocycles. The van der Waals surface area contributed by atoms with Crippen LogP contribution in [-0.4, -0.2) is 12.4 Å². The number of hydrogen-bond donors (Lipinski definition) is 1. The maximum atomic E-state index is 5.62. The first-order chi connectivity index (χ1) is 7.31. The molecule has 0 rings (SSSR count). The van der Waals surface area contributed by atoms with Crippen LogP contribution in [0.2, 0.25) is 0 Å². The Hall–Kier alpha value is -0.530. The minimum Gasteiger partial charge on any atom is -0.387 e. The van der Waals surface area contributed by atoms with Gasteiger partial charge in [0.05, 0.1) is 5.84 Å². The van der Waals surface area contributed by atoms with Crippen LogP contribution in [0.15, 0.2) is 4.99 Å². The van der Waals surface area contributed by atoms with Gasteiger partial charge in [0.2, 0.25) is 0 Å². The molecule has 0 aromatic rings. The molecule has 2 N–H and O–H groups in total. The van der Waals surface area contributed by atoms with Crippen molar-refractivity contribution in [3.8, 4) is 0 Å². The number of rotatable bonds is 10. The molecule has 0 radical (unpaired) electrons. The first-order valence-electron chi connectivity index (χ1n) is 6.60. The van der Waals surface area contributed by atoms with Gasteiger partial charge in [-0.05, 0) is 6.42 Å². The Bertz CT molecular complexity index is 153. The Balaban J connectivity index is 3.05. The molecule has 0 spiro atoms. The minimum atomic E-state index is 0.804. The van der Waals surface area contributed by atoms with Gasteiger partial charge in [-0.1, -0.05) is 58.8 Å². The lowest BCUT2D eigenvalue weighted by Crippen LogP contribution is -2.10. The average molecular weight is 212 g/mol. The van der Waals surface area contributed by atoms with Crippen LogP contribution in [0.4, 0.5) is 0 Å². The molecule has 0 saturated heterocycles. The first kappa shape index (κ1) is 14.5. The number of nitrogens with two attached hydrogens (primary N) is 1. The normalized spacial score (nSPS) is 12.0. The van der Waals surface area contributed by atoms with E-state index in [1.54, 1.807) is 0 Å². The van der Waals surface area contributed by atoms with Gasteiger partial charge in [0.1, 0.15) is 0 Å². The van der Waals surface area contributed by atoms with E-state index in [1.165, 1.54) is 51.4 Å². The lowest BCUT2D eigenvalue weighted by atomic mass is 10.1. The third-order valence-electron chi connectivity index (χ3n) is 2.69. The molecule has 0 fully saturated rings. The molecule has 0 atom stereocenters. The summed E-state index contributed by atoms with van der Waals surface area (Å²) < 4.78 is 0. The summed E-state index contributed by atoms with van der Waals surface area (Å²) in [5.41, 5.74) is 5.62. The SMILES string of the molecule is CCCCCCCCCCN=C(N)CC. The van der Waals surface area contributed by atoms with Crippen molar-refractivity contribution in [3.63, 3.8) is 0 Å². The molecule has 0 unspecified atom stereocenters. The predicted octanol–water partition coefficient (Wildman–Crippen LogP) is 3.89. The highest BCUT2D eigenvalue weighted by Crippen LogP contribution is 2.08. The molecule has 2 heteroatoms. The van der Waals surface area contributed by atoms with Crippen LogP contribution in [0.1, 0.15) is 71.6 Å². The zero-order valence-corrected chi connectivity index (χ0v) is 10.6. The third-order valence-corrected chi connectivity index (χ3v) is 2.69. The molecular formula is C13H28N2. The summed E-state index contributed by atoms with van der Waals surface area (Å²) in [6.45, 7) is 5.23. The largest absolute Gasteiger partial charge is 0.387 e. The van der Waals surface area contributed by atoms with Gasteiger partial charge in [0.15, 0.2) is 0 Å². The second kappa shape index (κ2) is 11.5. The maximum absolute atomic E-state index is 5.62. The van der Waals surface area contributed by atoms with Crippen molar-refractivity contribution in [2.24, 2.45) is 10.7 Å². The highest BCUT2D eigenvalue weighted by molar-refractivity contribution is 5.79. The van der Waals surface area contributed by atoms with Gasteiger partial charge < -0.3 is 5.73 Å². The van der Waals surface area contributed by atoms with Crippen LogP contribution in [-0.2, 0) is 0 Å². The lowest BCUT2D eigenvalue weighted by molar-refractivity contribution is 0.578. The average Bonchev–Trinajstić information content (AvgIpc) is 2.26. The van der Waals surface area contributed by atoms with Gasteiger partial charge >= 0.3 is 0 Å². The van der Waals surface area contributed by atoms with Crippen LogP contribution in [0.5, 0.6) is 0 Å². The van der Waals surface area contributed by atoms with E-state index in [2.05, 4.69) is 11.9 Å². The second-order valence-electron chi connectivity index (χ2n) is 4.20. The van der Waals surface area contributed by atoms with Crippen molar-refractivity contribution in [1.29, 1.82) is 0 Å². The van der Waals surface area contributed by atoms with E-state index in [-0.39, 0.29) is 0 Å². The molecule has 0 aliphatic carbocycles. The summed E-state index contributed by atoms with van der Waals surface area (Å²) in [7, 11) is 0. The monoisotopic (exact) mass is 212 g/mol. The Morgan fingerprint density at radius 1 is 0.867 bits per heavy atom. The Morgan fingerprint density at radius 3 is 1.93 bits per heavy atom. The molecule has 2 nitrogen and oxygen atoms in total. The molecule has 0 aromatic carbocycles. The zero-order valence-electron chi connectivity index (χ0n) is 10.6. The van der Waals surface area contributed by atoms with Gasteiger partial charge in [-0.3, -0.25) is 4.99 Å². The van der Waals surface area contributed by atoms with Crippen LogP contribution in [0, 0.1) is 0 Å². The van der Waals surface area contributed by atoms with Crippen LogP contribution < -0.4 is 5.73 Å². The fourth-order valence-corrected chi connectivity index (χ4v) is 1.58. The molecule has 0 aliphatic rings. The van der Waals surface area contributed by atoms with E-state index in [0.717, 1.165) is 18.8 Å². The van der Waals surface area contributed by atoms with Crippen LogP contribution in [0.25, 0.3) is 0 Å². The van der Waals surface area contributed by atoms with Gasteiger partial charge in [-0.25, -0.2) is 0 Å². The van der Waals surface area contributed by atoms with Gasteiger partial charge in [-0.15, -0.1) is 0 Å². The van der Waals surface area contributed by atoms with E-state index < -0.39 is 0 Å². The molecular weight excluding hydrogens is 184 g/mol. The summed E-state index contributed by atoms with van der Waals surface area (Å²) in [4.78, 5) is 4.28. The van der Waals surface area contributed by atoms with Crippen molar-refractivity contribution in [3.05, 3.63) is 0 Å². The van der Waals surface area contributed by atoms with Crippen molar-refractivity contribution in [2.45, 2.75) is 71.6 Å². The molecule has 90 valence electrons. The van der Waals surface area contributed by atoms with Gasteiger partial charge in [-0.2, -0.15) is 0 Å². The predicted molar refractivity (Wildman–Crippen MR) is 69.4 cm³/mol. The quantitative estimate of drug-likeness (QED) is 0.333. The third kappa shape index (κ3) is 11.4. The Kier molecular flexibility index (Phi) is 11.1. The summed E-state index contributed by atoms with van der Waals surface area (Å²) in [5, 5.41) is 0. The van der Waals surface area contributed by atoms with Gasteiger partial charge in [0, 0.05) is 13.0 Å². The number of hydrogen-bond acceptors (Lipinski definition) is 1. The van der Waals surface area contributed by atoms with Crippen LogP contribution >= 0.6 is 0 Å². The van der Waals surface area contributed by atoms with E-state index in [1.807, 2.05) is 6.92 Å². The summed E-state index contributed by atoms with van der Waals surface area (Å²) >= 11 is 0. The minimum absolute atomic E-state index is 0.804. The first-order valence-corrected chi connectivity index (χ1v) is 6.60. The van der Waals surface area contributed by atoms with E-state index in [0.29, 0.717) is 0 Å². The smallest absolute Gasteiger partial charge is 0.0934 e.